The Hall–Kier alpha value is 0.0569. The van der Waals surface area contributed by atoms with Crippen molar-refractivity contribution in [1.82, 2.24) is 0 Å². The van der Waals surface area contributed by atoms with E-state index in [4.69, 9.17) is 18.3 Å². The Morgan fingerprint density at radius 2 is 1.92 bits per heavy atom. The van der Waals surface area contributed by atoms with Crippen molar-refractivity contribution >= 4 is 8.56 Å². The number of hydrogen-bond donors (Lipinski definition) is 0. The van der Waals surface area contributed by atoms with E-state index >= 15 is 0 Å². The number of hydrogen-bond acceptors (Lipinski definition) is 4. The molecule has 0 aliphatic carbocycles. The van der Waals surface area contributed by atoms with E-state index in [0.29, 0.717) is 6.61 Å². The lowest BCUT2D eigenvalue weighted by Crippen LogP contribution is -2.39. The fourth-order valence-electron chi connectivity index (χ4n) is 0.960. The van der Waals surface area contributed by atoms with Crippen LogP contribution >= 0.6 is 0 Å². The molecular weight excluding hydrogens is 188 g/mol. The molecule has 0 N–H and O–H groups in total. The van der Waals surface area contributed by atoms with E-state index in [-0.39, 0.29) is 6.29 Å². The summed E-state index contributed by atoms with van der Waals surface area (Å²) in [6, 6.07) is 0. The van der Waals surface area contributed by atoms with Gasteiger partial charge < -0.3 is 18.3 Å². The molecule has 1 heterocycles. The predicted octanol–water partition coefficient (Wildman–Crippen LogP) is 1.11. The van der Waals surface area contributed by atoms with Crippen LogP contribution in [0.4, 0.5) is 0 Å². The molecule has 0 aromatic heterocycles. The van der Waals surface area contributed by atoms with Crippen molar-refractivity contribution in [2.24, 2.45) is 0 Å². The van der Waals surface area contributed by atoms with Gasteiger partial charge in [0.05, 0.1) is 19.8 Å². The summed E-state index contributed by atoms with van der Waals surface area (Å²) in [6.07, 6.45) is 0.775. The summed E-state index contributed by atoms with van der Waals surface area (Å²) in [6.45, 7) is 6.00. The quantitative estimate of drug-likeness (QED) is 0.646. The highest BCUT2D eigenvalue weighted by molar-refractivity contribution is 6.64. The Bertz CT molecular complexity index is 145. The summed E-state index contributed by atoms with van der Waals surface area (Å²) in [5.74, 6) is 0. The van der Waals surface area contributed by atoms with Crippen LogP contribution in [-0.4, -0.2) is 41.8 Å². The molecule has 1 aliphatic rings. The van der Waals surface area contributed by atoms with Gasteiger partial charge >= 0.3 is 8.56 Å². The van der Waals surface area contributed by atoms with Crippen molar-refractivity contribution in [3.8, 4) is 0 Å². The zero-order valence-corrected chi connectivity index (χ0v) is 9.54. The van der Waals surface area contributed by atoms with Crippen molar-refractivity contribution < 1.29 is 18.3 Å². The van der Waals surface area contributed by atoms with Gasteiger partial charge in [-0.3, -0.25) is 0 Å². The highest BCUT2D eigenvalue weighted by atomic mass is 28.4. The standard InChI is InChI=1S/C8H18O4Si/c1-9-13(2,3)12-7-8-10-5-4-6-11-8/h8H,4-7H2,1-3H3. The van der Waals surface area contributed by atoms with Gasteiger partial charge in [0.15, 0.2) is 6.29 Å². The summed E-state index contributed by atoms with van der Waals surface area (Å²) in [4.78, 5) is 0. The monoisotopic (exact) mass is 206 g/mol. The van der Waals surface area contributed by atoms with Crippen molar-refractivity contribution in [3.05, 3.63) is 0 Å². The van der Waals surface area contributed by atoms with E-state index in [1.807, 2.05) is 13.1 Å². The molecule has 0 spiro atoms. The molecule has 0 unspecified atom stereocenters. The van der Waals surface area contributed by atoms with Crippen molar-refractivity contribution in [3.63, 3.8) is 0 Å². The van der Waals surface area contributed by atoms with Crippen LogP contribution in [0.25, 0.3) is 0 Å². The summed E-state index contributed by atoms with van der Waals surface area (Å²) in [5.41, 5.74) is 0. The minimum absolute atomic E-state index is 0.198. The third kappa shape index (κ3) is 4.19. The van der Waals surface area contributed by atoms with E-state index in [0.717, 1.165) is 19.6 Å². The molecule has 0 atom stereocenters. The first-order valence-corrected chi connectivity index (χ1v) is 7.38. The molecule has 1 fully saturated rings. The Balaban J connectivity index is 2.17. The Morgan fingerprint density at radius 3 is 2.46 bits per heavy atom. The fraction of sp³-hybridized carbons (Fsp3) is 1.00. The van der Waals surface area contributed by atoms with Gasteiger partial charge in [-0.05, 0) is 19.5 Å². The highest BCUT2D eigenvalue weighted by Gasteiger charge is 2.25. The van der Waals surface area contributed by atoms with Crippen molar-refractivity contribution in [2.45, 2.75) is 25.8 Å². The van der Waals surface area contributed by atoms with E-state index in [1.54, 1.807) is 7.11 Å². The second kappa shape index (κ2) is 5.07. The van der Waals surface area contributed by atoms with Crippen molar-refractivity contribution in [2.75, 3.05) is 26.9 Å². The largest absolute Gasteiger partial charge is 0.398 e. The number of rotatable bonds is 4. The lowest BCUT2D eigenvalue weighted by molar-refractivity contribution is -0.193. The molecule has 13 heavy (non-hydrogen) atoms. The van der Waals surface area contributed by atoms with Gasteiger partial charge in [-0.2, -0.15) is 0 Å². The highest BCUT2D eigenvalue weighted by Crippen LogP contribution is 2.10. The van der Waals surface area contributed by atoms with E-state index < -0.39 is 8.56 Å². The van der Waals surface area contributed by atoms with Crippen LogP contribution in [0.15, 0.2) is 0 Å². The molecule has 4 nitrogen and oxygen atoms in total. The van der Waals surface area contributed by atoms with Crippen LogP contribution in [0.5, 0.6) is 0 Å². The van der Waals surface area contributed by atoms with Gasteiger partial charge in [-0.25, -0.2) is 0 Å². The van der Waals surface area contributed by atoms with Gasteiger partial charge in [0, 0.05) is 7.11 Å². The molecule has 5 heteroatoms. The molecule has 1 aliphatic heterocycles. The van der Waals surface area contributed by atoms with E-state index in [2.05, 4.69) is 0 Å². The zero-order chi connectivity index (χ0) is 9.73. The molecule has 0 aromatic rings. The zero-order valence-electron chi connectivity index (χ0n) is 8.54. The average molecular weight is 206 g/mol. The van der Waals surface area contributed by atoms with Crippen LogP contribution in [0.1, 0.15) is 6.42 Å². The topological polar surface area (TPSA) is 36.9 Å². The first kappa shape index (κ1) is 11.1. The molecule has 0 bridgehead atoms. The second-order valence-corrected chi connectivity index (χ2v) is 6.94. The molecule has 0 saturated carbocycles. The maximum Gasteiger partial charge on any atom is 0.331 e. The summed E-state index contributed by atoms with van der Waals surface area (Å²) in [5, 5.41) is 0. The van der Waals surface area contributed by atoms with E-state index in [9.17, 15) is 0 Å². The fourth-order valence-corrected chi connectivity index (χ4v) is 1.62. The van der Waals surface area contributed by atoms with Gasteiger partial charge in [0.1, 0.15) is 0 Å². The van der Waals surface area contributed by atoms with E-state index in [1.165, 1.54) is 0 Å². The van der Waals surface area contributed by atoms with Crippen LogP contribution in [0.3, 0.4) is 0 Å². The first-order valence-electron chi connectivity index (χ1n) is 4.56. The molecule has 1 saturated heterocycles. The maximum absolute atomic E-state index is 5.58. The Labute approximate surface area is 80.4 Å². The molecule has 78 valence electrons. The maximum atomic E-state index is 5.58. The van der Waals surface area contributed by atoms with Crippen LogP contribution in [0.2, 0.25) is 13.1 Å². The molecule has 0 amide bonds. The van der Waals surface area contributed by atoms with Gasteiger partial charge in [-0.1, -0.05) is 0 Å². The summed E-state index contributed by atoms with van der Waals surface area (Å²) in [7, 11) is -0.246. The van der Waals surface area contributed by atoms with Crippen LogP contribution in [0, 0.1) is 0 Å². The molecule has 0 radical (unpaired) electrons. The predicted molar refractivity (Wildman–Crippen MR) is 50.8 cm³/mol. The lowest BCUT2D eigenvalue weighted by Gasteiger charge is -2.27. The first-order chi connectivity index (χ1) is 6.14. The van der Waals surface area contributed by atoms with Crippen LogP contribution in [-0.2, 0) is 18.3 Å². The van der Waals surface area contributed by atoms with Crippen LogP contribution < -0.4 is 0 Å². The normalized spacial score (nSPS) is 20.5. The average Bonchev–Trinajstić information content (AvgIpc) is 2.17. The SMILES string of the molecule is CO[Si](C)(C)OCC1OCCCO1. The number of ether oxygens (including phenoxy) is 2. The van der Waals surface area contributed by atoms with Gasteiger partial charge in [0.25, 0.3) is 0 Å². The molecular formula is C8H18O4Si. The Morgan fingerprint density at radius 1 is 1.31 bits per heavy atom. The third-order valence-electron chi connectivity index (χ3n) is 1.95. The Kier molecular flexibility index (Phi) is 4.34. The minimum atomic E-state index is -1.92. The molecule has 0 aromatic carbocycles. The summed E-state index contributed by atoms with van der Waals surface area (Å²) < 4.78 is 21.5. The second-order valence-electron chi connectivity index (χ2n) is 3.44. The summed E-state index contributed by atoms with van der Waals surface area (Å²) >= 11 is 0. The van der Waals surface area contributed by atoms with Crippen molar-refractivity contribution in [1.29, 1.82) is 0 Å². The van der Waals surface area contributed by atoms with Gasteiger partial charge in [-0.15, -0.1) is 0 Å². The third-order valence-corrected chi connectivity index (χ3v) is 3.80. The van der Waals surface area contributed by atoms with Gasteiger partial charge in [0.2, 0.25) is 0 Å². The lowest BCUT2D eigenvalue weighted by atomic mass is 10.4. The minimum Gasteiger partial charge on any atom is -0.398 e. The smallest absolute Gasteiger partial charge is 0.331 e. The molecule has 1 rings (SSSR count).